The number of imide groups is 1. The second kappa shape index (κ2) is 11.3. The number of rotatable bonds is 9. The minimum absolute atomic E-state index is 0.0913. The molecule has 3 aromatic carbocycles. The van der Waals surface area contributed by atoms with E-state index in [2.05, 4.69) is 29.6 Å². The number of nitrogens with zero attached hydrogens (tertiary/aromatic N) is 1. The lowest BCUT2D eigenvalue weighted by Crippen LogP contribution is -2.41. The van der Waals surface area contributed by atoms with Crippen LogP contribution in [0.15, 0.2) is 66.7 Å². The zero-order chi connectivity index (χ0) is 28.7. The van der Waals surface area contributed by atoms with Gasteiger partial charge in [0.1, 0.15) is 0 Å². The van der Waals surface area contributed by atoms with Crippen LogP contribution in [-0.2, 0) is 23.9 Å². The Balaban J connectivity index is 0.993. The highest BCUT2D eigenvalue weighted by Crippen LogP contribution is 2.60. The summed E-state index contributed by atoms with van der Waals surface area (Å²) in [5.41, 5.74) is 5.08. The first-order valence-electron chi connectivity index (χ1n) is 13.8. The van der Waals surface area contributed by atoms with Crippen LogP contribution in [0.3, 0.4) is 0 Å². The zero-order valence-corrected chi connectivity index (χ0v) is 23.7. The molecule has 0 aromatic heterocycles. The Kier molecular flexibility index (Phi) is 7.58. The molecule has 1 N–H and O–H groups in total. The smallest absolute Gasteiger partial charge is 0.306 e. The molecule has 1 saturated heterocycles. The van der Waals surface area contributed by atoms with Crippen LogP contribution in [-0.4, -0.2) is 41.7 Å². The van der Waals surface area contributed by atoms with Crippen LogP contribution in [0.5, 0.6) is 0 Å². The van der Waals surface area contributed by atoms with Crippen LogP contribution in [0.2, 0.25) is 10.0 Å². The molecule has 7 rings (SSSR count). The highest BCUT2D eigenvalue weighted by atomic mass is 35.5. The van der Waals surface area contributed by atoms with E-state index in [0.29, 0.717) is 41.5 Å². The van der Waals surface area contributed by atoms with Crippen LogP contribution in [0.1, 0.15) is 59.8 Å². The molecule has 210 valence electrons. The maximum Gasteiger partial charge on any atom is 0.306 e. The van der Waals surface area contributed by atoms with Gasteiger partial charge in [0.2, 0.25) is 11.8 Å². The van der Waals surface area contributed by atoms with Gasteiger partial charge in [0.05, 0.1) is 21.9 Å². The number of unbranched alkanes of at least 4 members (excludes halogenated alkanes) is 2. The summed E-state index contributed by atoms with van der Waals surface area (Å²) in [5.74, 6) is -2.12. The van der Waals surface area contributed by atoms with Gasteiger partial charge in [-0.05, 0) is 53.3 Å². The Morgan fingerprint density at radius 2 is 1.32 bits per heavy atom. The third-order valence-electron chi connectivity index (χ3n) is 8.37. The minimum atomic E-state index is -0.485. The summed E-state index contributed by atoms with van der Waals surface area (Å²) in [6.07, 6.45) is 1.90. The van der Waals surface area contributed by atoms with E-state index in [1.165, 1.54) is 11.0 Å². The lowest BCUT2D eigenvalue weighted by Gasteiger charge is -2.45. The van der Waals surface area contributed by atoms with Crippen LogP contribution in [0.25, 0.3) is 0 Å². The first kappa shape index (κ1) is 27.5. The van der Waals surface area contributed by atoms with Crippen molar-refractivity contribution in [3.63, 3.8) is 0 Å². The van der Waals surface area contributed by atoms with E-state index in [1.54, 1.807) is 12.1 Å². The number of carbonyl (C=O) groups excluding carboxylic acids is 4. The third kappa shape index (κ3) is 5.02. The van der Waals surface area contributed by atoms with E-state index >= 15 is 0 Å². The number of carbonyl (C=O) groups is 4. The maximum absolute atomic E-state index is 13.6. The Hall–Kier alpha value is -3.68. The average molecular weight is 591 g/mol. The van der Waals surface area contributed by atoms with Gasteiger partial charge in [0.25, 0.3) is 5.91 Å². The molecule has 3 aromatic rings. The van der Waals surface area contributed by atoms with Gasteiger partial charge in [-0.15, -0.1) is 0 Å². The van der Waals surface area contributed by atoms with Gasteiger partial charge in [0.15, 0.2) is 6.61 Å². The molecule has 0 unspecified atom stereocenters. The quantitative estimate of drug-likeness (QED) is 0.189. The number of benzene rings is 3. The molecule has 3 aliphatic carbocycles. The van der Waals surface area contributed by atoms with Crippen molar-refractivity contribution in [2.75, 3.05) is 18.5 Å². The number of hydrogen-bond donors (Lipinski definition) is 1. The molecule has 2 atom stereocenters. The Labute approximate surface area is 247 Å². The lowest BCUT2D eigenvalue weighted by atomic mass is 9.55. The van der Waals surface area contributed by atoms with Crippen molar-refractivity contribution in [1.82, 2.24) is 4.90 Å². The predicted molar refractivity (Wildman–Crippen MR) is 155 cm³/mol. The molecule has 9 heteroatoms. The van der Waals surface area contributed by atoms with Gasteiger partial charge in [-0.3, -0.25) is 24.1 Å². The van der Waals surface area contributed by atoms with Crippen molar-refractivity contribution < 1.29 is 23.9 Å². The fourth-order valence-electron chi connectivity index (χ4n) is 6.66. The summed E-state index contributed by atoms with van der Waals surface area (Å²) in [4.78, 5) is 52.9. The maximum atomic E-state index is 13.6. The van der Waals surface area contributed by atoms with Crippen LogP contribution in [0.4, 0.5) is 5.69 Å². The van der Waals surface area contributed by atoms with Gasteiger partial charge >= 0.3 is 5.97 Å². The molecule has 7 nitrogen and oxygen atoms in total. The topological polar surface area (TPSA) is 92.8 Å². The van der Waals surface area contributed by atoms with E-state index in [4.69, 9.17) is 27.9 Å². The molecule has 0 spiro atoms. The standard InChI is InChI=1S/C32H28Cl2N2O5/c33-23-14-13-18(16-24(23)34)35-25(37)17-41-26(38)12-2-1-7-15-36-31(39)29-27-19-8-3-4-9-20(19)28(30(29)32(36)40)22-11-6-5-10-21(22)27/h3-6,8-11,13-14,16,27-30H,1-2,7,12,15,17H2,(H,35,37)/t27?,28?,29-,30+. The van der Waals surface area contributed by atoms with Crippen molar-refractivity contribution in [2.24, 2.45) is 11.8 Å². The highest BCUT2D eigenvalue weighted by Gasteiger charge is 2.61. The van der Waals surface area contributed by atoms with E-state index in [-0.39, 0.29) is 41.9 Å². The van der Waals surface area contributed by atoms with Gasteiger partial charge in [0, 0.05) is 30.5 Å². The summed E-state index contributed by atoms with van der Waals surface area (Å²) in [5, 5.41) is 3.27. The van der Waals surface area contributed by atoms with E-state index in [9.17, 15) is 19.2 Å². The van der Waals surface area contributed by atoms with Crippen molar-refractivity contribution in [3.05, 3.63) is 99.0 Å². The van der Waals surface area contributed by atoms with E-state index in [1.807, 2.05) is 24.3 Å². The molecule has 41 heavy (non-hydrogen) atoms. The lowest BCUT2D eigenvalue weighted by molar-refractivity contribution is -0.147. The second-order valence-electron chi connectivity index (χ2n) is 10.7. The number of anilines is 1. The molecule has 1 fully saturated rings. The summed E-state index contributed by atoms with van der Waals surface area (Å²) < 4.78 is 5.07. The molecule has 1 heterocycles. The molecule has 3 amide bonds. The molecule has 1 aliphatic heterocycles. The summed E-state index contributed by atoms with van der Waals surface area (Å²) in [6.45, 7) is -0.0797. The van der Waals surface area contributed by atoms with E-state index < -0.39 is 18.5 Å². The Morgan fingerprint density at radius 1 is 0.756 bits per heavy atom. The van der Waals surface area contributed by atoms with Crippen LogP contribution in [0, 0.1) is 11.8 Å². The number of hydrogen-bond acceptors (Lipinski definition) is 5. The van der Waals surface area contributed by atoms with E-state index in [0.717, 1.165) is 22.3 Å². The second-order valence-corrected chi connectivity index (χ2v) is 11.6. The first-order chi connectivity index (χ1) is 19.8. The number of halogens is 2. The van der Waals surface area contributed by atoms with Crippen LogP contribution < -0.4 is 5.32 Å². The van der Waals surface area contributed by atoms with Crippen molar-refractivity contribution in [3.8, 4) is 0 Å². The van der Waals surface area contributed by atoms with Crippen molar-refractivity contribution >= 4 is 52.6 Å². The van der Waals surface area contributed by atoms with Crippen LogP contribution >= 0.6 is 23.2 Å². The Bertz CT molecular complexity index is 1440. The fraction of sp³-hybridized carbons (Fsp3) is 0.312. The monoisotopic (exact) mass is 590 g/mol. The fourth-order valence-corrected chi connectivity index (χ4v) is 6.96. The largest absolute Gasteiger partial charge is 0.456 e. The zero-order valence-electron chi connectivity index (χ0n) is 22.1. The molecule has 0 saturated carbocycles. The highest BCUT2D eigenvalue weighted by molar-refractivity contribution is 6.42. The predicted octanol–water partition coefficient (Wildman–Crippen LogP) is 5.93. The number of amides is 3. The first-order valence-corrected chi connectivity index (χ1v) is 14.5. The van der Waals surface area contributed by atoms with Gasteiger partial charge in [-0.25, -0.2) is 0 Å². The van der Waals surface area contributed by atoms with Gasteiger partial charge in [-0.1, -0.05) is 78.2 Å². The minimum Gasteiger partial charge on any atom is -0.456 e. The molecule has 4 aliphatic rings. The summed E-state index contributed by atoms with van der Waals surface area (Å²) in [7, 11) is 0. The summed E-state index contributed by atoms with van der Waals surface area (Å²) in [6, 6.07) is 21.1. The number of ether oxygens (including phenoxy) is 1. The number of likely N-dealkylation sites (tertiary alicyclic amines) is 1. The van der Waals surface area contributed by atoms with Crippen molar-refractivity contribution in [1.29, 1.82) is 0 Å². The molecule has 2 bridgehead atoms. The van der Waals surface area contributed by atoms with Crippen molar-refractivity contribution in [2.45, 2.75) is 37.5 Å². The number of nitrogens with one attached hydrogen (secondary N) is 1. The van der Waals surface area contributed by atoms with Gasteiger partial charge < -0.3 is 10.1 Å². The molecular formula is C32H28Cl2N2O5. The molecule has 0 radical (unpaired) electrons. The molecular weight excluding hydrogens is 563 g/mol. The SMILES string of the molecule is O=C(COC(=O)CCCCCN1C(=O)[C@@H]2C3c4ccccc4C(c4ccccc43)[C@@H]2C1=O)Nc1ccc(Cl)c(Cl)c1. The average Bonchev–Trinajstić information content (AvgIpc) is 3.23. The van der Waals surface area contributed by atoms with Gasteiger partial charge in [-0.2, -0.15) is 0 Å². The number of esters is 1. The Morgan fingerprint density at radius 3 is 1.85 bits per heavy atom. The normalized spacial score (nSPS) is 21.8. The summed E-state index contributed by atoms with van der Waals surface area (Å²) >= 11 is 11.8. The third-order valence-corrected chi connectivity index (χ3v) is 9.11.